The molecule has 0 spiro atoms. The second kappa shape index (κ2) is 9.62. The zero-order valence-electron chi connectivity index (χ0n) is 23.3. The van der Waals surface area contributed by atoms with Gasteiger partial charge < -0.3 is 0 Å². The Balaban J connectivity index is 1.15. The molecule has 0 saturated heterocycles. The SMILES string of the molecule is c1cc(-c2cccc(-c3cccc4c3sc3ccccc34)c2)cc(-c2ccc3ccc4cc5ccccc5nc4c3c2)c1. The molecule has 0 radical (unpaired) electrons. The van der Waals surface area contributed by atoms with Crippen LogP contribution in [0, 0.1) is 0 Å². The Hall–Kier alpha value is -5.31. The summed E-state index contributed by atoms with van der Waals surface area (Å²) in [6.07, 6.45) is 0. The van der Waals surface area contributed by atoms with Gasteiger partial charge in [-0.25, -0.2) is 4.98 Å². The molecule has 2 heteroatoms. The third-order valence-corrected chi connectivity index (χ3v) is 9.83. The van der Waals surface area contributed by atoms with Crippen molar-refractivity contribution in [2.24, 2.45) is 0 Å². The minimum absolute atomic E-state index is 1.03. The minimum atomic E-state index is 1.03. The highest BCUT2D eigenvalue weighted by Crippen LogP contribution is 2.41. The summed E-state index contributed by atoms with van der Waals surface area (Å²) in [7, 11) is 0. The Morgan fingerprint density at radius 2 is 1.05 bits per heavy atom. The van der Waals surface area contributed by atoms with E-state index >= 15 is 0 Å². The van der Waals surface area contributed by atoms with E-state index in [1.165, 1.54) is 75.1 Å². The van der Waals surface area contributed by atoms with Crippen molar-refractivity contribution in [3.05, 3.63) is 152 Å². The van der Waals surface area contributed by atoms with Crippen molar-refractivity contribution in [2.75, 3.05) is 0 Å². The van der Waals surface area contributed by atoms with Gasteiger partial charge in [0, 0.05) is 36.3 Å². The number of rotatable bonds is 3. The number of hydrogen-bond acceptors (Lipinski definition) is 2. The first-order valence-electron chi connectivity index (χ1n) is 14.6. The van der Waals surface area contributed by atoms with Crippen LogP contribution in [0.15, 0.2) is 152 Å². The Labute approximate surface area is 253 Å². The topological polar surface area (TPSA) is 12.9 Å². The molecular formula is C41H25NS. The molecule has 0 atom stereocenters. The van der Waals surface area contributed by atoms with Crippen LogP contribution in [-0.4, -0.2) is 4.98 Å². The van der Waals surface area contributed by atoms with Gasteiger partial charge >= 0.3 is 0 Å². The predicted octanol–water partition coefficient (Wildman–Crippen LogP) is 11.9. The van der Waals surface area contributed by atoms with Crippen LogP contribution in [-0.2, 0) is 0 Å². The lowest BCUT2D eigenvalue weighted by Gasteiger charge is -2.11. The van der Waals surface area contributed by atoms with E-state index in [4.69, 9.17) is 4.98 Å². The largest absolute Gasteiger partial charge is 0.247 e. The van der Waals surface area contributed by atoms with E-state index < -0.39 is 0 Å². The van der Waals surface area contributed by atoms with E-state index in [0.29, 0.717) is 0 Å². The monoisotopic (exact) mass is 563 g/mol. The Kier molecular flexibility index (Phi) is 5.44. The molecule has 2 aromatic heterocycles. The number of para-hydroxylation sites is 1. The van der Waals surface area contributed by atoms with E-state index in [1.54, 1.807) is 0 Å². The lowest BCUT2D eigenvalue weighted by atomic mass is 9.94. The summed E-state index contributed by atoms with van der Waals surface area (Å²) in [5.41, 5.74) is 9.45. The molecule has 0 fully saturated rings. The fourth-order valence-corrected chi connectivity index (χ4v) is 7.70. The van der Waals surface area contributed by atoms with Crippen LogP contribution >= 0.6 is 11.3 Å². The fourth-order valence-electron chi connectivity index (χ4n) is 6.46. The highest BCUT2D eigenvalue weighted by molar-refractivity contribution is 7.26. The quantitative estimate of drug-likeness (QED) is 0.154. The minimum Gasteiger partial charge on any atom is -0.247 e. The zero-order valence-corrected chi connectivity index (χ0v) is 24.1. The molecule has 0 aliphatic rings. The molecule has 0 N–H and O–H groups in total. The van der Waals surface area contributed by atoms with Crippen LogP contribution in [0.5, 0.6) is 0 Å². The maximum atomic E-state index is 5.08. The first-order valence-corrected chi connectivity index (χ1v) is 15.4. The van der Waals surface area contributed by atoms with E-state index in [9.17, 15) is 0 Å². The van der Waals surface area contributed by atoms with Crippen molar-refractivity contribution in [3.8, 4) is 33.4 Å². The second-order valence-corrected chi connectivity index (χ2v) is 12.2. The van der Waals surface area contributed by atoms with Crippen molar-refractivity contribution in [2.45, 2.75) is 0 Å². The van der Waals surface area contributed by atoms with Crippen molar-refractivity contribution in [1.82, 2.24) is 4.98 Å². The van der Waals surface area contributed by atoms with Gasteiger partial charge in [-0.2, -0.15) is 0 Å². The fraction of sp³-hybridized carbons (Fsp3) is 0. The van der Waals surface area contributed by atoms with Gasteiger partial charge in [-0.05, 0) is 75.2 Å². The summed E-state index contributed by atoms with van der Waals surface area (Å²) in [6.45, 7) is 0. The molecule has 7 aromatic carbocycles. The maximum absolute atomic E-state index is 5.08. The van der Waals surface area contributed by atoms with E-state index in [2.05, 4.69) is 152 Å². The highest BCUT2D eigenvalue weighted by Gasteiger charge is 2.12. The molecule has 9 rings (SSSR count). The Morgan fingerprint density at radius 3 is 1.93 bits per heavy atom. The molecule has 9 aromatic rings. The highest BCUT2D eigenvalue weighted by atomic mass is 32.1. The first-order chi connectivity index (χ1) is 21.3. The van der Waals surface area contributed by atoms with Crippen LogP contribution in [0.4, 0.5) is 0 Å². The predicted molar refractivity (Wildman–Crippen MR) is 186 cm³/mol. The average molecular weight is 564 g/mol. The van der Waals surface area contributed by atoms with Gasteiger partial charge in [0.25, 0.3) is 0 Å². The molecule has 2 heterocycles. The number of nitrogens with zero attached hydrogens (tertiary/aromatic N) is 1. The van der Waals surface area contributed by atoms with Crippen LogP contribution in [0.1, 0.15) is 0 Å². The third-order valence-electron chi connectivity index (χ3n) is 8.61. The van der Waals surface area contributed by atoms with Gasteiger partial charge in [-0.1, -0.05) is 115 Å². The molecule has 43 heavy (non-hydrogen) atoms. The lowest BCUT2D eigenvalue weighted by molar-refractivity contribution is 1.51. The van der Waals surface area contributed by atoms with Crippen molar-refractivity contribution < 1.29 is 0 Å². The van der Waals surface area contributed by atoms with E-state index in [1.807, 2.05) is 11.3 Å². The third kappa shape index (κ3) is 4.03. The second-order valence-electron chi connectivity index (χ2n) is 11.2. The van der Waals surface area contributed by atoms with Gasteiger partial charge in [0.1, 0.15) is 0 Å². The van der Waals surface area contributed by atoms with E-state index in [0.717, 1.165) is 11.0 Å². The molecule has 0 unspecified atom stereocenters. The van der Waals surface area contributed by atoms with Gasteiger partial charge in [-0.15, -0.1) is 11.3 Å². The molecule has 1 nitrogen and oxygen atoms in total. The molecule has 0 aliphatic carbocycles. The van der Waals surface area contributed by atoms with Crippen molar-refractivity contribution >= 4 is 64.1 Å². The Morgan fingerprint density at radius 1 is 0.395 bits per heavy atom. The number of pyridine rings is 1. The summed E-state index contributed by atoms with van der Waals surface area (Å²) in [5, 5.41) is 7.39. The number of aromatic nitrogens is 1. The summed E-state index contributed by atoms with van der Waals surface area (Å²) in [4.78, 5) is 5.08. The summed E-state index contributed by atoms with van der Waals surface area (Å²) >= 11 is 1.88. The standard InChI is InChI=1S/C41H25NS/c1-3-16-38-32(8-1)24-33-21-19-26-18-20-30(25-37(26)40(33)42-38)28-10-5-9-27(22-28)29-11-6-12-31(23-29)34-14-7-15-36-35-13-2-4-17-39(35)43-41(34)36/h1-25H. The molecule has 0 saturated carbocycles. The summed E-state index contributed by atoms with van der Waals surface area (Å²) in [6, 6.07) is 55.0. The van der Waals surface area contributed by atoms with Gasteiger partial charge in [0.2, 0.25) is 0 Å². The molecule has 0 bridgehead atoms. The smallest absolute Gasteiger partial charge is 0.0788 e. The normalized spacial score (nSPS) is 11.7. The van der Waals surface area contributed by atoms with E-state index in [-0.39, 0.29) is 0 Å². The van der Waals surface area contributed by atoms with Crippen molar-refractivity contribution in [3.63, 3.8) is 0 Å². The number of fused-ring (bicyclic) bond motifs is 7. The number of thiophene rings is 1. The maximum Gasteiger partial charge on any atom is 0.0788 e. The van der Waals surface area contributed by atoms with Crippen LogP contribution in [0.3, 0.4) is 0 Å². The van der Waals surface area contributed by atoms with Crippen molar-refractivity contribution in [1.29, 1.82) is 0 Å². The zero-order chi connectivity index (χ0) is 28.3. The van der Waals surface area contributed by atoms with Crippen LogP contribution in [0.2, 0.25) is 0 Å². The van der Waals surface area contributed by atoms with Gasteiger partial charge in [-0.3, -0.25) is 0 Å². The summed E-state index contributed by atoms with van der Waals surface area (Å²) in [5.74, 6) is 0. The first kappa shape index (κ1) is 24.3. The molecular weight excluding hydrogens is 539 g/mol. The van der Waals surface area contributed by atoms with Crippen LogP contribution < -0.4 is 0 Å². The van der Waals surface area contributed by atoms with Crippen LogP contribution in [0.25, 0.3) is 86.1 Å². The lowest BCUT2D eigenvalue weighted by Crippen LogP contribution is -1.87. The Bertz CT molecular complexity index is 2520. The van der Waals surface area contributed by atoms with Gasteiger partial charge in [0.05, 0.1) is 11.0 Å². The molecule has 0 aliphatic heterocycles. The molecule has 0 amide bonds. The number of hydrogen-bond donors (Lipinski definition) is 0. The van der Waals surface area contributed by atoms with Gasteiger partial charge in [0.15, 0.2) is 0 Å². The molecule has 200 valence electrons. The average Bonchev–Trinajstić information content (AvgIpc) is 3.46. The number of benzene rings is 7. The summed E-state index contributed by atoms with van der Waals surface area (Å²) < 4.78 is 2.68.